The monoisotopic (exact) mass is 222 g/mol. The summed E-state index contributed by atoms with van der Waals surface area (Å²) in [7, 11) is -3.29. The first-order valence-electron chi connectivity index (χ1n) is 4.30. The van der Waals surface area contributed by atoms with Crippen LogP contribution >= 0.6 is 0 Å². The molecule has 0 bridgehead atoms. The van der Waals surface area contributed by atoms with Crippen molar-refractivity contribution >= 4 is 16.0 Å². The first-order chi connectivity index (χ1) is 6.41. The summed E-state index contributed by atoms with van der Waals surface area (Å²) in [5, 5.41) is 11.6. The summed E-state index contributed by atoms with van der Waals surface area (Å²) >= 11 is 0. The van der Waals surface area contributed by atoms with E-state index < -0.39 is 22.0 Å². The van der Waals surface area contributed by atoms with E-state index >= 15 is 0 Å². The lowest BCUT2D eigenvalue weighted by molar-refractivity contribution is -0.138. The number of carboxylic acids is 1. The molecule has 1 aliphatic heterocycles. The Kier molecular flexibility index (Phi) is 3.46. The number of nitrogens with zero attached hydrogens (tertiary/aromatic N) is 1. The van der Waals surface area contributed by atoms with Crippen LogP contribution < -0.4 is 5.32 Å². The molecule has 1 heterocycles. The molecule has 6 nitrogen and oxygen atoms in total. The molecule has 0 aromatic heterocycles. The van der Waals surface area contributed by atoms with Gasteiger partial charge in [-0.3, -0.25) is 4.79 Å². The number of carbonyl (C=O) groups is 1. The highest BCUT2D eigenvalue weighted by Gasteiger charge is 2.30. The Morgan fingerprint density at radius 3 is 2.79 bits per heavy atom. The SMILES string of the molecule is CS(=O)(=O)N1CCNC[C@H]1CC(=O)O. The van der Waals surface area contributed by atoms with E-state index in [1.165, 1.54) is 4.31 Å². The fourth-order valence-corrected chi connectivity index (χ4v) is 2.67. The van der Waals surface area contributed by atoms with Gasteiger partial charge in [0.1, 0.15) is 0 Å². The molecule has 0 aromatic carbocycles. The van der Waals surface area contributed by atoms with E-state index in [0.29, 0.717) is 19.6 Å². The summed E-state index contributed by atoms with van der Waals surface area (Å²) in [6, 6.07) is -0.462. The highest BCUT2D eigenvalue weighted by molar-refractivity contribution is 7.88. The molecule has 1 saturated heterocycles. The Balaban J connectivity index is 2.74. The highest BCUT2D eigenvalue weighted by Crippen LogP contribution is 2.11. The van der Waals surface area contributed by atoms with Gasteiger partial charge in [-0.05, 0) is 0 Å². The van der Waals surface area contributed by atoms with E-state index in [9.17, 15) is 13.2 Å². The number of aliphatic carboxylic acids is 1. The normalized spacial score (nSPS) is 24.8. The fraction of sp³-hybridized carbons (Fsp3) is 0.857. The van der Waals surface area contributed by atoms with E-state index in [2.05, 4.69) is 5.32 Å². The smallest absolute Gasteiger partial charge is 0.305 e. The molecular formula is C7H14N2O4S. The molecule has 2 N–H and O–H groups in total. The van der Waals surface area contributed by atoms with E-state index in [-0.39, 0.29) is 6.42 Å². The predicted molar refractivity (Wildman–Crippen MR) is 50.5 cm³/mol. The van der Waals surface area contributed by atoms with Crippen LogP contribution in [0.25, 0.3) is 0 Å². The summed E-state index contributed by atoms with van der Waals surface area (Å²) < 4.78 is 23.8. The topological polar surface area (TPSA) is 86.7 Å². The second kappa shape index (κ2) is 4.24. The summed E-state index contributed by atoms with van der Waals surface area (Å²) in [5.41, 5.74) is 0. The number of sulfonamides is 1. The minimum absolute atomic E-state index is 0.153. The van der Waals surface area contributed by atoms with Crippen molar-refractivity contribution in [2.24, 2.45) is 0 Å². The summed E-state index contributed by atoms with van der Waals surface area (Å²) in [4.78, 5) is 10.5. The van der Waals surface area contributed by atoms with Crippen LogP contribution in [0.3, 0.4) is 0 Å². The van der Waals surface area contributed by atoms with Gasteiger partial charge in [0, 0.05) is 25.7 Å². The largest absolute Gasteiger partial charge is 0.481 e. The maximum Gasteiger partial charge on any atom is 0.305 e. The van der Waals surface area contributed by atoms with Gasteiger partial charge in [-0.15, -0.1) is 0 Å². The van der Waals surface area contributed by atoms with Crippen molar-refractivity contribution in [2.75, 3.05) is 25.9 Å². The van der Waals surface area contributed by atoms with Crippen LogP contribution in [-0.4, -0.2) is 55.7 Å². The first-order valence-corrected chi connectivity index (χ1v) is 6.15. The molecule has 7 heteroatoms. The molecule has 0 aliphatic carbocycles. The maximum absolute atomic E-state index is 11.3. The lowest BCUT2D eigenvalue weighted by Gasteiger charge is -2.33. The third kappa shape index (κ3) is 2.93. The Morgan fingerprint density at radius 1 is 1.64 bits per heavy atom. The quantitative estimate of drug-likeness (QED) is 0.619. The average molecular weight is 222 g/mol. The molecule has 1 fully saturated rings. The van der Waals surface area contributed by atoms with Crippen LogP contribution in [0.4, 0.5) is 0 Å². The molecule has 1 atom stereocenters. The van der Waals surface area contributed by atoms with Gasteiger partial charge < -0.3 is 10.4 Å². The fourth-order valence-electron chi connectivity index (χ4n) is 1.55. The lowest BCUT2D eigenvalue weighted by atomic mass is 10.2. The Morgan fingerprint density at radius 2 is 2.29 bits per heavy atom. The van der Waals surface area contributed by atoms with Gasteiger partial charge in [-0.25, -0.2) is 8.42 Å². The van der Waals surface area contributed by atoms with Gasteiger partial charge in [0.25, 0.3) is 0 Å². The van der Waals surface area contributed by atoms with Crippen molar-refractivity contribution in [3.63, 3.8) is 0 Å². The molecule has 1 aliphatic rings. The summed E-state index contributed by atoms with van der Waals surface area (Å²) in [6.45, 7) is 1.32. The first kappa shape index (κ1) is 11.4. The number of hydrogen-bond acceptors (Lipinski definition) is 4. The number of nitrogens with one attached hydrogen (secondary N) is 1. The molecular weight excluding hydrogens is 208 g/mol. The zero-order valence-corrected chi connectivity index (χ0v) is 8.75. The summed E-state index contributed by atoms with van der Waals surface area (Å²) in [6.07, 6.45) is 0.952. The second-order valence-corrected chi connectivity index (χ2v) is 5.26. The van der Waals surface area contributed by atoms with Crippen LogP contribution in [0.5, 0.6) is 0 Å². The third-order valence-corrected chi connectivity index (χ3v) is 3.47. The number of piperazine rings is 1. The van der Waals surface area contributed by atoms with Crippen LogP contribution in [0.15, 0.2) is 0 Å². The van der Waals surface area contributed by atoms with E-state index in [1.54, 1.807) is 0 Å². The zero-order chi connectivity index (χ0) is 10.8. The van der Waals surface area contributed by atoms with E-state index in [4.69, 9.17) is 5.11 Å². The molecule has 0 aromatic rings. The average Bonchev–Trinajstić information content (AvgIpc) is 2.01. The van der Waals surface area contributed by atoms with Gasteiger partial charge in [0.15, 0.2) is 0 Å². The Bertz CT molecular complexity index is 314. The molecule has 0 spiro atoms. The predicted octanol–water partition coefficient (Wildman–Crippen LogP) is -1.31. The van der Waals surface area contributed by atoms with Gasteiger partial charge >= 0.3 is 5.97 Å². The third-order valence-electron chi connectivity index (χ3n) is 2.13. The van der Waals surface area contributed by atoms with Gasteiger partial charge in [-0.2, -0.15) is 4.31 Å². The molecule has 14 heavy (non-hydrogen) atoms. The van der Waals surface area contributed by atoms with Crippen molar-refractivity contribution < 1.29 is 18.3 Å². The number of rotatable bonds is 3. The van der Waals surface area contributed by atoms with Crippen molar-refractivity contribution in [3.8, 4) is 0 Å². The molecule has 82 valence electrons. The molecule has 0 amide bonds. The Labute approximate surface area is 82.9 Å². The van der Waals surface area contributed by atoms with Gasteiger partial charge in [0.05, 0.1) is 12.7 Å². The second-order valence-electron chi connectivity index (χ2n) is 3.33. The van der Waals surface area contributed by atoms with Crippen molar-refractivity contribution in [1.29, 1.82) is 0 Å². The standard InChI is InChI=1S/C7H14N2O4S/c1-14(12,13)9-3-2-8-5-6(9)4-7(10)11/h6,8H,2-5H2,1H3,(H,10,11)/t6-/m1/s1. The minimum Gasteiger partial charge on any atom is -0.481 e. The molecule has 0 saturated carbocycles. The van der Waals surface area contributed by atoms with Crippen molar-refractivity contribution in [3.05, 3.63) is 0 Å². The zero-order valence-electron chi connectivity index (χ0n) is 7.93. The van der Waals surface area contributed by atoms with Gasteiger partial charge in [-0.1, -0.05) is 0 Å². The summed E-state index contributed by atoms with van der Waals surface area (Å²) in [5.74, 6) is -0.979. The van der Waals surface area contributed by atoms with Crippen molar-refractivity contribution in [2.45, 2.75) is 12.5 Å². The number of carboxylic acid groups (broad SMARTS) is 1. The minimum atomic E-state index is -3.29. The molecule has 0 unspecified atom stereocenters. The highest BCUT2D eigenvalue weighted by atomic mass is 32.2. The van der Waals surface area contributed by atoms with Crippen LogP contribution in [0.1, 0.15) is 6.42 Å². The maximum atomic E-state index is 11.3. The Hall–Kier alpha value is -0.660. The van der Waals surface area contributed by atoms with Gasteiger partial charge in [0.2, 0.25) is 10.0 Å². The van der Waals surface area contributed by atoms with Crippen molar-refractivity contribution in [1.82, 2.24) is 9.62 Å². The van der Waals surface area contributed by atoms with Crippen LogP contribution in [0, 0.1) is 0 Å². The van der Waals surface area contributed by atoms with Crippen LogP contribution in [0.2, 0.25) is 0 Å². The van der Waals surface area contributed by atoms with Crippen LogP contribution in [-0.2, 0) is 14.8 Å². The number of hydrogen-bond donors (Lipinski definition) is 2. The van der Waals surface area contributed by atoms with E-state index in [0.717, 1.165) is 6.26 Å². The molecule has 0 radical (unpaired) electrons. The lowest BCUT2D eigenvalue weighted by Crippen LogP contribution is -2.53. The molecule has 1 rings (SSSR count). The van der Waals surface area contributed by atoms with E-state index in [1.807, 2.05) is 0 Å².